The number of hydrogen-bond acceptors (Lipinski definition) is 3. The predicted octanol–water partition coefficient (Wildman–Crippen LogP) is -1.40. The topological polar surface area (TPSA) is 89.3 Å². The largest absolute Gasteiger partial charge is 0.394 e. The van der Waals surface area contributed by atoms with E-state index in [0.717, 1.165) is 0 Å². The maximum Gasteiger partial charge on any atom is 0.239 e. The van der Waals surface area contributed by atoms with Gasteiger partial charge in [-0.05, 0) is 6.92 Å². The van der Waals surface area contributed by atoms with Crippen LogP contribution in [0.5, 0.6) is 0 Å². The average molecular weight is 155 g/mol. The summed E-state index contributed by atoms with van der Waals surface area (Å²) in [6.45, 7) is 0.956. The molecule has 0 fully saturated rings. The van der Waals surface area contributed by atoms with Crippen LogP contribution in [-0.2, 0) is 4.79 Å². The Morgan fingerprint density at radius 2 is 2.11 bits per heavy atom. The molecule has 0 aromatic rings. The maximum atomic E-state index is 10.2. The van der Waals surface area contributed by atoms with Crippen molar-refractivity contribution in [2.75, 3.05) is 6.61 Å². The van der Waals surface area contributed by atoms with Gasteiger partial charge < -0.3 is 16.6 Å². The molecule has 1 atom stereocenters. The van der Waals surface area contributed by atoms with Crippen molar-refractivity contribution >= 4 is 18.3 Å². The molecule has 56 valence electrons. The number of aliphatic hydroxyl groups excluding tert-OH is 1. The number of rotatable bonds is 2. The molecule has 0 heterocycles. The molecule has 0 aliphatic heterocycles. The quantitative estimate of drug-likeness (QED) is 0.457. The van der Waals surface area contributed by atoms with E-state index in [2.05, 4.69) is 0 Å². The molecule has 0 aliphatic rings. The molecule has 0 radical (unpaired) electrons. The van der Waals surface area contributed by atoms with Crippen LogP contribution in [0, 0.1) is 0 Å². The molecule has 0 aromatic carbocycles. The molecule has 0 bridgehead atoms. The number of halogens is 1. The van der Waals surface area contributed by atoms with Gasteiger partial charge in [0.05, 0.1) is 6.61 Å². The first-order valence-corrected chi connectivity index (χ1v) is 2.20. The lowest BCUT2D eigenvalue weighted by atomic mass is 10.1. The number of carbonyl (C=O) groups is 1. The number of primary amides is 1. The number of hydrogen-bond donors (Lipinski definition) is 3. The third-order valence-corrected chi connectivity index (χ3v) is 0.891. The van der Waals surface area contributed by atoms with Gasteiger partial charge in [-0.15, -0.1) is 12.4 Å². The van der Waals surface area contributed by atoms with E-state index in [1.165, 1.54) is 6.92 Å². The Labute approximate surface area is 59.6 Å². The lowest BCUT2D eigenvalue weighted by Gasteiger charge is -2.15. The summed E-state index contributed by atoms with van der Waals surface area (Å²) in [6, 6.07) is 0. The second-order valence-corrected chi connectivity index (χ2v) is 1.94. The molecule has 4 nitrogen and oxygen atoms in total. The SMILES string of the molecule is C[C@](N)(CO)C(N)=O.Cl. The first kappa shape index (κ1) is 11.5. The van der Waals surface area contributed by atoms with Crippen molar-refractivity contribution in [1.82, 2.24) is 0 Å². The van der Waals surface area contributed by atoms with Crippen LogP contribution >= 0.6 is 12.4 Å². The monoisotopic (exact) mass is 154 g/mol. The Balaban J connectivity index is 0. The molecule has 0 spiro atoms. The lowest BCUT2D eigenvalue weighted by Crippen LogP contribution is -2.52. The Hall–Kier alpha value is -0.320. The fraction of sp³-hybridized carbons (Fsp3) is 0.750. The summed E-state index contributed by atoms with van der Waals surface area (Å²) in [5.74, 6) is -0.694. The first-order chi connectivity index (χ1) is 3.50. The van der Waals surface area contributed by atoms with Crippen LogP contribution in [0.15, 0.2) is 0 Å². The molecular weight excluding hydrogens is 144 g/mol. The average Bonchev–Trinajstić information content (AvgIpc) is 1.67. The minimum atomic E-state index is -1.26. The fourth-order valence-electron chi connectivity index (χ4n) is 0.0779. The van der Waals surface area contributed by atoms with Crippen molar-refractivity contribution in [2.24, 2.45) is 11.5 Å². The van der Waals surface area contributed by atoms with Crippen LogP contribution in [0.1, 0.15) is 6.92 Å². The zero-order chi connectivity index (χ0) is 6.78. The van der Waals surface area contributed by atoms with Gasteiger partial charge in [-0.1, -0.05) is 0 Å². The summed E-state index contributed by atoms with van der Waals surface area (Å²) in [6.07, 6.45) is 0. The minimum Gasteiger partial charge on any atom is -0.394 e. The van der Waals surface area contributed by atoms with Crippen LogP contribution < -0.4 is 11.5 Å². The van der Waals surface area contributed by atoms with Crippen molar-refractivity contribution in [2.45, 2.75) is 12.5 Å². The van der Waals surface area contributed by atoms with Crippen LogP contribution in [0.25, 0.3) is 0 Å². The number of amides is 1. The summed E-state index contributed by atoms with van der Waals surface area (Å²) in [5, 5.41) is 8.34. The van der Waals surface area contributed by atoms with Crippen molar-refractivity contribution in [3.05, 3.63) is 0 Å². The van der Waals surface area contributed by atoms with E-state index in [1.54, 1.807) is 0 Å². The van der Waals surface area contributed by atoms with Gasteiger partial charge in [-0.3, -0.25) is 4.79 Å². The van der Waals surface area contributed by atoms with E-state index < -0.39 is 18.1 Å². The standard InChI is InChI=1S/C4H10N2O2.ClH/c1-4(6,2-7)3(5)8;/h7H,2,6H2,1H3,(H2,5,8);1H/t4-;/m0./s1. The fourth-order valence-corrected chi connectivity index (χ4v) is 0.0779. The number of carbonyl (C=O) groups excluding carboxylic acids is 1. The second kappa shape index (κ2) is 3.66. The lowest BCUT2D eigenvalue weighted by molar-refractivity contribution is -0.123. The molecular formula is C4H11ClN2O2. The smallest absolute Gasteiger partial charge is 0.239 e. The zero-order valence-electron chi connectivity index (χ0n) is 5.13. The van der Waals surface area contributed by atoms with Gasteiger partial charge in [0.15, 0.2) is 0 Å². The molecule has 0 rings (SSSR count). The second-order valence-electron chi connectivity index (χ2n) is 1.94. The predicted molar refractivity (Wildman–Crippen MR) is 36.1 cm³/mol. The zero-order valence-corrected chi connectivity index (χ0v) is 5.94. The molecule has 0 aromatic heterocycles. The summed E-state index contributed by atoms with van der Waals surface area (Å²) < 4.78 is 0. The van der Waals surface area contributed by atoms with E-state index in [9.17, 15) is 4.79 Å². The van der Waals surface area contributed by atoms with E-state index >= 15 is 0 Å². The molecule has 9 heavy (non-hydrogen) atoms. The highest BCUT2D eigenvalue weighted by Gasteiger charge is 2.23. The summed E-state index contributed by atoms with van der Waals surface area (Å²) in [4.78, 5) is 10.2. The number of nitrogens with two attached hydrogens (primary N) is 2. The van der Waals surface area contributed by atoms with Gasteiger partial charge in [0.25, 0.3) is 0 Å². The molecule has 1 amide bonds. The highest BCUT2D eigenvalue weighted by Crippen LogP contribution is 1.92. The van der Waals surface area contributed by atoms with E-state index in [0.29, 0.717) is 0 Å². The van der Waals surface area contributed by atoms with Crippen molar-refractivity contribution in [3.63, 3.8) is 0 Å². The molecule has 0 saturated carbocycles. The van der Waals surface area contributed by atoms with Crippen LogP contribution in [-0.4, -0.2) is 23.2 Å². The van der Waals surface area contributed by atoms with E-state index in [4.69, 9.17) is 16.6 Å². The number of aliphatic hydroxyl groups is 1. The first-order valence-electron chi connectivity index (χ1n) is 2.20. The van der Waals surface area contributed by atoms with E-state index in [1.807, 2.05) is 0 Å². The Bertz CT molecular complexity index is 105. The van der Waals surface area contributed by atoms with E-state index in [-0.39, 0.29) is 12.4 Å². The van der Waals surface area contributed by atoms with Crippen LogP contribution in [0.4, 0.5) is 0 Å². The minimum absolute atomic E-state index is 0. The van der Waals surface area contributed by atoms with Gasteiger partial charge in [-0.2, -0.15) is 0 Å². The maximum absolute atomic E-state index is 10.2. The molecule has 5 heteroatoms. The normalized spacial score (nSPS) is 15.4. The third-order valence-electron chi connectivity index (χ3n) is 0.891. The summed E-state index contributed by atoms with van der Waals surface area (Å²) >= 11 is 0. The van der Waals surface area contributed by atoms with Gasteiger partial charge in [-0.25, -0.2) is 0 Å². The summed E-state index contributed by atoms with van der Waals surface area (Å²) in [7, 11) is 0. The summed E-state index contributed by atoms with van der Waals surface area (Å²) in [5.41, 5.74) is 8.63. The Morgan fingerprint density at radius 1 is 1.78 bits per heavy atom. The Morgan fingerprint density at radius 3 is 2.11 bits per heavy atom. The van der Waals surface area contributed by atoms with Crippen molar-refractivity contribution in [1.29, 1.82) is 0 Å². The molecule has 0 aliphatic carbocycles. The molecule has 5 N–H and O–H groups in total. The molecule has 0 unspecified atom stereocenters. The van der Waals surface area contributed by atoms with Crippen molar-refractivity contribution in [3.8, 4) is 0 Å². The highest BCUT2D eigenvalue weighted by atomic mass is 35.5. The highest BCUT2D eigenvalue weighted by molar-refractivity contribution is 5.85. The van der Waals surface area contributed by atoms with Crippen LogP contribution in [0.3, 0.4) is 0 Å². The third kappa shape index (κ3) is 3.29. The van der Waals surface area contributed by atoms with Crippen LogP contribution in [0.2, 0.25) is 0 Å². The van der Waals surface area contributed by atoms with Gasteiger partial charge in [0.1, 0.15) is 5.54 Å². The van der Waals surface area contributed by atoms with Gasteiger partial charge in [0, 0.05) is 0 Å². The van der Waals surface area contributed by atoms with Gasteiger partial charge in [0.2, 0.25) is 5.91 Å². The van der Waals surface area contributed by atoms with Crippen molar-refractivity contribution < 1.29 is 9.90 Å². The van der Waals surface area contributed by atoms with Gasteiger partial charge >= 0.3 is 0 Å². The molecule has 0 saturated heterocycles. The Kier molecular flexibility index (Phi) is 4.66.